The second-order valence-electron chi connectivity index (χ2n) is 3.70. The number of imidazole rings is 1. The molecule has 2 heterocycles. The summed E-state index contributed by atoms with van der Waals surface area (Å²) in [5, 5.41) is 0. The number of carbonyl (C=O) groups is 1. The van der Waals surface area contributed by atoms with Gasteiger partial charge in [-0.3, -0.25) is 4.40 Å². The minimum atomic E-state index is -0.468. The van der Waals surface area contributed by atoms with Crippen LogP contribution in [0, 0.1) is 0 Å². The Morgan fingerprint density at radius 1 is 1.44 bits per heavy atom. The number of nitrogens with two attached hydrogens (primary N) is 1. The highest BCUT2D eigenvalue weighted by Crippen LogP contribution is 2.21. The fourth-order valence-corrected chi connectivity index (χ4v) is 1.88. The molecule has 2 rings (SSSR count). The summed E-state index contributed by atoms with van der Waals surface area (Å²) in [6.07, 6.45) is 0.554. The molecule has 0 saturated carbocycles. The lowest BCUT2D eigenvalue weighted by molar-refractivity contribution is 0.0597. The molecule has 0 aromatic carbocycles. The summed E-state index contributed by atoms with van der Waals surface area (Å²) in [4.78, 5) is 16.0. The van der Waals surface area contributed by atoms with Gasteiger partial charge in [0.25, 0.3) is 0 Å². The van der Waals surface area contributed by atoms with Crippen molar-refractivity contribution in [3.8, 4) is 5.88 Å². The number of nitrogens with zero attached hydrogens (tertiary/aromatic N) is 2. The number of carbonyl (C=O) groups excluding carboxylic acids is 1. The fourth-order valence-electron chi connectivity index (χ4n) is 1.88. The van der Waals surface area contributed by atoms with Crippen LogP contribution in [0.3, 0.4) is 0 Å². The van der Waals surface area contributed by atoms with Crippen molar-refractivity contribution in [1.29, 1.82) is 0 Å². The van der Waals surface area contributed by atoms with E-state index in [1.54, 1.807) is 29.7 Å². The van der Waals surface area contributed by atoms with Crippen LogP contribution in [-0.4, -0.2) is 36.1 Å². The largest absolute Gasteiger partial charge is 0.482 e. The molecule has 6 heteroatoms. The van der Waals surface area contributed by atoms with Crippen molar-refractivity contribution in [2.45, 2.75) is 6.42 Å². The highest BCUT2D eigenvalue weighted by molar-refractivity contribution is 5.95. The van der Waals surface area contributed by atoms with Crippen LogP contribution in [0.2, 0.25) is 0 Å². The van der Waals surface area contributed by atoms with E-state index in [1.165, 1.54) is 7.11 Å². The molecule has 0 saturated heterocycles. The first kappa shape index (κ1) is 12.4. The molecule has 0 radical (unpaired) electrons. The van der Waals surface area contributed by atoms with Gasteiger partial charge in [0.15, 0.2) is 11.6 Å². The van der Waals surface area contributed by atoms with Crippen molar-refractivity contribution in [2.24, 2.45) is 5.73 Å². The Balaban J connectivity index is 2.71. The molecule has 0 unspecified atom stereocenters. The Hall–Kier alpha value is -2.08. The summed E-state index contributed by atoms with van der Waals surface area (Å²) >= 11 is 0. The molecule has 6 nitrogen and oxygen atoms in total. The van der Waals surface area contributed by atoms with Crippen molar-refractivity contribution >= 4 is 11.5 Å². The molecule has 2 aromatic rings. The molecule has 0 aliphatic carbocycles. The van der Waals surface area contributed by atoms with Gasteiger partial charge in [0.2, 0.25) is 0 Å². The highest BCUT2D eigenvalue weighted by Gasteiger charge is 2.19. The van der Waals surface area contributed by atoms with Gasteiger partial charge in [-0.05, 0) is 18.7 Å². The van der Waals surface area contributed by atoms with Crippen LogP contribution in [0.25, 0.3) is 5.52 Å². The first-order valence-electron chi connectivity index (χ1n) is 5.55. The summed E-state index contributed by atoms with van der Waals surface area (Å²) in [6, 6.07) is 5.39. The molecule has 2 aromatic heterocycles. The predicted octanol–water partition coefficient (Wildman–Crippen LogP) is 0.631. The smallest absolute Gasteiger partial charge is 0.358 e. The Bertz CT molecular complexity index is 577. The molecule has 0 bridgehead atoms. The van der Waals surface area contributed by atoms with Crippen LogP contribution >= 0.6 is 0 Å². The van der Waals surface area contributed by atoms with Gasteiger partial charge in [0.05, 0.1) is 19.7 Å². The van der Waals surface area contributed by atoms with Crippen LogP contribution < -0.4 is 10.5 Å². The van der Waals surface area contributed by atoms with Gasteiger partial charge in [-0.25, -0.2) is 9.78 Å². The number of fused-ring (bicyclic) bond motifs is 1. The zero-order valence-corrected chi connectivity index (χ0v) is 10.3. The molecular formula is C12H15N3O3. The molecule has 0 aliphatic rings. The van der Waals surface area contributed by atoms with Crippen LogP contribution in [0.1, 0.15) is 16.3 Å². The third-order valence-corrected chi connectivity index (χ3v) is 2.65. The van der Waals surface area contributed by atoms with Crippen molar-refractivity contribution in [1.82, 2.24) is 9.38 Å². The Labute approximate surface area is 104 Å². The van der Waals surface area contributed by atoms with Gasteiger partial charge >= 0.3 is 5.97 Å². The molecule has 18 heavy (non-hydrogen) atoms. The lowest BCUT2D eigenvalue weighted by Crippen LogP contribution is -2.07. The summed E-state index contributed by atoms with van der Waals surface area (Å²) in [5.74, 6) is 0.827. The number of ether oxygens (including phenoxy) is 2. The van der Waals surface area contributed by atoms with E-state index < -0.39 is 5.97 Å². The quantitative estimate of drug-likeness (QED) is 0.804. The lowest BCUT2D eigenvalue weighted by Gasteiger charge is -2.06. The van der Waals surface area contributed by atoms with Crippen molar-refractivity contribution in [3.63, 3.8) is 0 Å². The van der Waals surface area contributed by atoms with Crippen LogP contribution in [-0.2, 0) is 11.2 Å². The van der Waals surface area contributed by atoms with Crippen molar-refractivity contribution in [3.05, 3.63) is 29.7 Å². The summed E-state index contributed by atoms with van der Waals surface area (Å²) in [7, 11) is 2.90. The number of methoxy groups -OCH3 is 2. The second kappa shape index (κ2) is 5.05. The molecule has 0 amide bonds. The van der Waals surface area contributed by atoms with Crippen LogP contribution in [0.4, 0.5) is 0 Å². The third-order valence-electron chi connectivity index (χ3n) is 2.65. The van der Waals surface area contributed by atoms with E-state index in [0.29, 0.717) is 30.2 Å². The zero-order valence-electron chi connectivity index (χ0n) is 10.3. The molecule has 0 spiro atoms. The fraction of sp³-hybridized carbons (Fsp3) is 0.333. The van der Waals surface area contributed by atoms with E-state index in [1.807, 2.05) is 0 Å². The molecule has 0 aliphatic heterocycles. The van der Waals surface area contributed by atoms with Crippen LogP contribution in [0.5, 0.6) is 5.88 Å². The predicted molar refractivity (Wildman–Crippen MR) is 65.8 cm³/mol. The van der Waals surface area contributed by atoms with E-state index in [0.717, 1.165) is 0 Å². The highest BCUT2D eigenvalue weighted by atomic mass is 16.5. The topological polar surface area (TPSA) is 78.8 Å². The molecular weight excluding hydrogens is 234 g/mol. The summed E-state index contributed by atoms with van der Waals surface area (Å²) in [6.45, 7) is 0.442. The van der Waals surface area contributed by atoms with E-state index >= 15 is 0 Å². The third kappa shape index (κ3) is 1.91. The number of pyridine rings is 1. The van der Waals surface area contributed by atoms with E-state index in [-0.39, 0.29) is 5.69 Å². The van der Waals surface area contributed by atoms with Crippen molar-refractivity contribution in [2.75, 3.05) is 20.8 Å². The van der Waals surface area contributed by atoms with Gasteiger partial charge in [-0.2, -0.15) is 0 Å². The summed E-state index contributed by atoms with van der Waals surface area (Å²) in [5.41, 5.74) is 6.49. The van der Waals surface area contributed by atoms with E-state index in [4.69, 9.17) is 15.2 Å². The lowest BCUT2D eigenvalue weighted by atomic mass is 10.3. The van der Waals surface area contributed by atoms with Gasteiger partial charge in [-0.15, -0.1) is 0 Å². The average molecular weight is 249 g/mol. The number of esters is 1. The first-order chi connectivity index (χ1) is 8.72. The second-order valence-corrected chi connectivity index (χ2v) is 3.70. The van der Waals surface area contributed by atoms with Gasteiger partial charge in [0, 0.05) is 6.42 Å². The normalized spacial score (nSPS) is 10.6. The number of hydrogen-bond acceptors (Lipinski definition) is 5. The van der Waals surface area contributed by atoms with E-state index in [2.05, 4.69) is 4.98 Å². The number of rotatable bonds is 4. The zero-order chi connectivity index (χ0) is 13.1. The molecule has 96 valence electrons. The first-order valence-corrected chi connectivity index (χ1v) is 5.55. The minimum Gasteiger partial charge on any atom is -0.482 e. The van der Waals surface area contributed by atoms with Crippen LogP contribution in [0.15, 0.2) is 18.2 Å². The number of aromatic nitrogens is 2. The monoisotopic (exact) mass is 249 g/mol. The average Bonchev–Trinajstić information content (AvgIpc) is 2.77. The van der Waals surface area contributed by atoms with Gasteiger partial charge in [0.1, 0.15) is 5.82 Å². The molecule has 2 N–H and O–H groups in total. The summed E-state index contributed by atoms with van der Waals surface area (Å²) < 4.78 is 11.8. The maximum Gasteiger partial charge on any atom is 0.358 e. The van der Waals surface area contributed by atoms with Gasteiger partial charge in [-0.1, -0.05) is 6.07 Å². The molecule has 0 atom stereocenters. The molecule has 0 fully saturated rings. The SMILES string of the molecule is COC(=O)c1nc(CCN)n2c(OC)cccc12. The Morgan fingerprint density at radius 3 is 2.83 bits per heavy atom. The van der Waals surface area contributed by atoms with Gasteiger partial charge < -0.3 is 15.2 Å². The number of hydrogen-bond donors (Lipinski definition) is 1. The maximum atomic E-state index is 11.7. The Kier molecular flexibility index (Phi) is 3.47. The van der Waals surface area contributed by atoms with E-state index in [9.17, 15) is 4.79 Å². The van der Waals surface area contributed by atoms with Crippen molar-refractivity contribution < 1.29 is 14.3 Å². The minimum absolute atomic E-state index is 0.278. The standard InChI is InChI=1S/C12H15N3O3/c1-17-10-5-3-4-8-11(12(16)18-2)14-9(6-7-13)15(8)10/h3-5H,6-7,13H2,1-2H3. The Morgan fingerprint density at radius 2 is 2.22 bits per heavy atom. The maximum absolute atomic E-state index is 11.7.